The van der Waals surface area contributed by atoms with Crippen molar-refractivity contribution < 1.29 is 0 Å². The number of halogens is 2. The zero-order valence-corrected chi connectivity index (χ0v) is 13.5. The Kier molecular flexibility index (Phi) is 4.44. The first-order chi connectivity index (χ1) is 9.67. The van der Waals surface area contributed by atoms with Crippen molar-refractivity contribution in [2.24, 2.45) is 0 Å². The Hall–Kier alpha value is -0.440. The molecule has 0 amide bonds. The molecule has 4 heteroatoms. The van der Waals surface area contributed by atoms with Crippen LogP contribution in [-0.2, 0) is 0 Å². The van der Waals surface area contributed by atoms with Gasteiger partial charge >= 0.3 is 0 Å². The van der Waals surface area contributed by atoms with Crippen molar-refractivity contribution in [1.82, 2.24) is 4.90 Å². The van der Waals surface area contributed by atoms with E-state index in [1.165, 1.54) is 38.0 Å². The lowest BCUT2D eigenvalue weighted by atomic mass is 9.95. The van der Waals surface area contributed by atoms with Crippen LogP contribution in [0.3, 0.4) is 0 Å². The third kappa shape index (κ3) is 2.93. The molecule has 0 spiro atoms. The van der Waals surface area contributed by atoms with Crippen molar-refractivity contribution >= 4 is 28.9 Å². The molecule has 2 heterocycles. The van der Waals surface area contributed by atoms with E-state index in [2.05, 4.69) is 28.9 Å². The van der Waals surface area contributed by atoms with Crippen molar-refractivity contribution in [2.45, 2.75) is 44.7 Å². The first-order valence-corrected chi connectivity index (χ1v) is 8.39. The highest BCUT2D eigenvalue weighted by molar-refractivity contribution is 6.35. The molecular weight excluding hydrogens is 291 g/mol. The molecule has 2 fully saturated rings. The number of anilines is 1. The normalized spacial score (nSPS) is 27.4. The summed E-state index contributed by atoms with van der Waals surface area (Å²) < 4.78 is 0. The lowest BCUT2D eigenvalue weighted by molar-refractivity contribution is 0.111. The molecule has 2 nitrogen and oxygen atoms in total. The Balaban J connectivity index is 1.86. The van der Waals surface area contributed by atoms with E-state index in [0.29, 0.717) is 12.1 Å². The van der Waals surface area contributed by atoms with Gasteiger partial charge in [0, 0.05) is 40.9 Å². The van der Waals surface area contributed by atoms with E-state index in [1.54, 1.807) is 0 Å². The predicted molar refractivity (Wildman–Crippen MR) is 87.1 cm³/mol. The highest BCUT2D eigenvalue weighted by Gasteiger charge is 2.34. The van der Waals surface area contributed by atoms with Crippen LogP contribution in [0.15, 0.2) is 18.2 Å². The largest absolute Gasteiger partial charge is 0.366 e. The van der Waals surface area contributed by atoms with Gasteiger partial charge in [-0.25, -0.2) is 0 Å². The number of piperazine rings is 1. The van der Waals surface area contributed by atoms with E-state index in [1.807, 2.05) is 6.07 Å². The van der Waals surface area contributed by atoms with Gasteiger partial charge in [0.25, 0.3) is 0 Å². The van der Waals surface area contributed by atoms with E-state index < -0.39 is 0 Å². The minimum absolute atomic E-state index is 0.568. The molecule has 0 radical (unpaired) electrons. The first-order valence-electron chi connectivity index (χ1n) is 7.64. The third-order valence-corrected chi connectivity index (χ3v) is 5.13. The molecule has 2 saturated heterocycles. The van der Waals surface area contributed by atoms with E-state index in [4.69, 9.17) is 23.2 Å². The zero-order chi connectivity index (χ0) is 14.1. The van der Waals surface area contributed by atoms with E-state index in [-0.39, 0.29) is 0 Å². The van der Waals surface area contributed by atoms with Crippen LogP contribution in [0.5, 0.6) is 0 Å². The van der Waals surface area contributed by atoms with Crippen LogP contribution < -0.4 is 4.90 Å². The van der Waals surface area contributed by atoms with Gasteiger partial charge in [0.15, 0.2) is 0 Å². The summed E-state index contributed by atoms with van der Waals surface area (Å²) >= 11 is 12.4. The molecule has 20 heavy (non-hydrogen) atoms. The molecular formula is C16H22Cl2N2. The average Bonchev–Trinajstić information content (AvgIpc) is 2.44. The number of fused-ring (bicyclic) bond motifs is 1. The molecule has 0 bridgehead atoms. The van der Waals surface area contributed by atoms with Crippen LogP contribution in [0.2, 0.25) is 10.0 Å². The van der Waals surface area contributed by atoms with Crippen LogP contribution in [0, 0.1) is 0 Å². The van der Waals surface area contributed by atoms with Crippen molar-refractivity contribution in [3.05, 3.63) is 28.2 Å². The molecule has 2 aliphatic rings. The van der Waals surface area contributed by atoms with Crippen molar-refractivity contribution in [2.75, 3.05) is 24.5 Å². The molecule has 1 aromatic rings. The fraction of sp³-hybridized carbons (Fsp3) is 0.625. The van der Waals surface area contributed by atoms with Gasteiger partial charge in [0.1, 0.15) is 0 Å². The van der Waals surface area contributed by atoms with Gasteiger partial charge in [-0.1, -0.05) is 36.5 Å². The fourth-order valence-electron chi connectivity index (χ4n) is 3.62. The van der Waals surface area contributed by atoms with Crippen LogP contribution in [0.25, 0.3) is 0 Å². The number of piperidine rings is 1. The smallest absolute Gasteiger partial charge is 0.0441 e. The highest BCUT2D eigenvalue weighted by atomic mass is 35.5. The SMILES string of the molecule is CCC1CN2CCCCC2CN1c1cc(Cl)cc(Cl)c1. The van der Waals surface area contributed by atoms with Gasteiger partial charge in [-0.05, 0) is 44.0 Å². The van der Waals surface area contributed by atoms with Gasteiger partial charge in [-0.2, -0.15) is 0 Å². The third-order valence-electron chi connectivity index (χ3n) is 4.69. The van der Waals surface area contributed by atoms with Crippen molar-refractivity contribution in [3.8, 4) is 0 Å². The quantitative estimate of drug-likeness (QED) is 0.796. The minimum atomic E-state index is 0.568. The minimum Gasteiger partial charge on any atom is -0.366 e. The van der Waals surface area contributed by atoms with E-state index in [9.17, 15) is 0 Å². The fourth-order valence-corrected chi connectivity index (χ4v) is 4.14. The number of rotatable bonds is 2. The lowest BCUT2D eigenvalue weighted by Gasteiger charge is -2.49. The molecule has 0 aliphatic carbocycles. The van der Waals surface area contributed by atoms with E-state index >= 15 is 0 Å². The Morgan fingerprint density at radius 1 is 1.10 bits per heavy atom. The molecule has 1 aromatic carbocycles. The molecule has 0 aromatic heterocycles. The first kappa shape index (κ1) is 14.5. The monoisotopic (exact) mass is 312 g/mol. The second kappa shape index (κ2) is 6.13. The van der Waals surface area contributed by atoms with Gasteiger partial charge in [0.05, 0.1) is 0 Å². The summed E-state index contributed by atoms with van der Waals surface area (Å²) in [5.41, 5.74) is 1.18. The standard InChI is InChI=1S/C16H22Cl2N2/c1-2-14-10-19-6-4-3-5-15(19)11-20(14)16-8-12(17)7-13(18)9-16/h7-9,14-15H,2-6,10-11H2,1H3. The molecule has 2 atom stereocenters. The molecule has 0 saturated carbocycles. The number of nitrogens with zero attached hydrogens (tertiary/aromatic N) is 2. The Morgan fingerprint density at radius 3 is 2.55 bits per heavy atom. The van der Waals surface area contributed by atoms with Gasteiger partial charge in [-0.15, -0.1) is 0 Å². The Morgan fingerprint density at radius 2 is 1.85 bits per heavy atom. The predicted octanol–water partition coefficient (Wildman–Crippen LogP) is 4.45. The maximum Gasteiger partial charge on any atom is 0.0441 e. The van der Waals surface area contributed by atoms with Crippen LogP contribution in [0.1, 0.15) is 32.6 Å². The summed E-state index contributed by atoms with van der Waals surface area (Å²) in [7, 11) is 0. The summed E-state index contributed by atoms with van der Waals surface area (Å²) in [4.78, 5) is 5.20. The van der Waals surface area contributed by atoms with Crippen LogP contribution >= 0.6 is 23.2 Å². The van der Waals surface area contributed by atoms with Crippen molar-refractivity contribution in [3.63, 3.8) is 0 Å². The van der Waals surface area contributed by atoms with E-state index in [0.717, 1.165) is 23.0 Å². The molecule has 110 valence electrons. The maximum absolute atomic E-state index is 6.18. The number of hydrogen-bond donors (Lipinski definition) is 0. The van der Waals surface area contributed by atoms with Gasteiger partial charge < -0.3 is 4.90 Å². The van der Waals surface area contributed by atoms with Gasteiger partial charge in [-0.3, -0.25) is 4.90 Å². The molecule has 2 aliphatic heterocycles. The summed E-state index contributed by atoms with van der Waals surface area (Å²) in [6.45, 7) is 5.82. The Labute approximate surface area is 131 Å². The van der Waals surface area contributed by atoms with Gasteiger partial charge in [0.2, 0.25) is 0 Å². The van der Waals surface area contributed by atoms with Crippen LogP contribution in [-0.4, -0.2) is 36.6 Å². The molecule has 3 rings (SSSR count). The molecule has 0 N–H and O–H groups in total. The highest BCUT2D eigenvalue weighted by Crippen LogP contribution is 2.32. The summed E-state index contributed by atoms with van der Waals surface area (Å²) in [5, 5.41) is 1.46. The summed E-state index contributed by atoms with van der Waals surface area (Å²) in [5.74, 6) is 0. The lowest BCUT2D eigenvalue weighted by Crippen LogP contribution is -2.59. The maximum atomic E-state index is 6.18. The topological polar surface area (TPSA) is 6.48 Å². The zero-order valence-electron chi connectivity index (χ0n) is 12.0. The van der Waals surface area contributed by atoms with Crippen LogP contribution in [0.4, 0.5) is 5.69 Å². The second-order valence-electron chi connectivity index (χ2n) is 5.99. The average molecular weight is 313 g/mol. The second-order valence-corrected chi connectivity index (χ2v) is 6.86. The van der Waals surface area contributed by atoms with Crippen molar-refractivity contribution in [1.29, 1.82) is 0 Å². The number of hydrogen-bond acceptors (Lipinski definition) is 2. The summed E-state index contributed by atoms with van der Waals surface area (Å²) in [6, 6.07) is 7.18. The Bertz CT molecular complexity index is 457. The molecule has 2 unspecified atom stereocenters. The number of benzene rings is 1. The summed E-state index contributed by atoms with van der Waals surface area (Å²) in [6.07, 6.45) is 5.20.